The highest BCUT2D eigenvalue weighted by atomic mass is 16.2. The molecular weight excluding hydrogens is 182 g/mol. The number of carbonyl (C=O) groups is 2. The zero-order valence-corrected chi connectivity index (χ0v) is 8.49. The number of hydrogen-bond acceptors (Lipinski definition) is 3. The Hall–Kier alpha value is -1.49. The van der Waals surface area contributed by atoms with E-state index in [4.69, 9.17) is 0 Å². The lowest BCUT2D eigenvalue weighted by Crippen LogP contribution is -2.27. The quantitative estimate of drug-likeness (QED) is 0.475. The van der Waals surface area contributed by atoms with Crippen LogP contribution in [0, 0.1) is 0 Å². The van der Waals surface area contributed by atoms with Gasteiger partial charge in [-0.2, -0.15) is 0 Å². The third-order valence-corrected chi connectivity index (χ3v) is 1.28. The minimum absolute atomic E-state index is 0.0885. The van der Waals surface area contributed by atoms with Crippen LogP contribution in [0.1, 0.15) is 0 Å². The summed E-state index contributed by atoms with van der Waals surface area (Å²) in [5, 5.41) is 2.34. The summed E-state index contributed by atoms with van der Waals surface area (Å²) in [5.74, 6) is -0.747. The Balaban J connectivity index is 3.70. The van der Waals surface area contributed by atoms with E-state index in [2.05, 4.69) is 16.9 Å². The molecule has 0 aromatic heterocycles. The van der Waals surface area contributed by atoms with Crippen LogP contribution in [0.4, 0.5) is 0 Å². The second kappa shape index (κ2) is 6.97. The van der Waals surface area contributed by atoms with E-state index in [1.54, 1.807) is 0 Å². The number of hydrogen-bond donors (Lipinski definition) is 1. The first kappa shape index (κ1) is 12.5. The maximum absolute atomic E-state index is 11.0. The summed E-state index contributed by atoms with van der Waals surface area (Å²) in [6.07, 6.45) is 2.61. The summed E-state index contributed by atoms with van der Waals surface area (Å²) >= 11 is 0. The summed E-state index contributed by atoms with van der Waals surface area (Å²) in [4.78, 5) is 27.1. The number of nitrogens with zero attached hydrogens (tertiary/aromatic N) is 2. The lowest BCUT2D eigenvalue weighted by atomic mass is 10.5. The average Bonchev–Trinajstić information content (AvgIpc) is 2.13. The van der Waals surface area contributed by atoms with Crippen LogP contribution < -0.4 is 5.32 Å². The minimum Gasteiger partial charge on any atom is -0.343 e. The maximum atomic E-state index is 11.0. The van der Waals surface area contributed by atoms with E-state index in [0.717, 1.165) is 6.08 Å². The van der Waals surface area contributed by atoms with Crippen molar-refractivity contribution in [1.82, 2.24) is 10.2 Å². The number of carbonyl (C=O) groups excluding carboxylic acids is 2. The first-order valence-electron chi connectivity index (χ1n) is 4.16. The Bertz CT molecular complexity index is 246. The Morgan fingerprint density at radius 1 is 1.50 bits per heavy atom. The zero-order valence-electron chi connectivity index (χ0n) is 8.49. The predicted molar refractivity (Wildman–Crippen MR) is 55.3 cm³/mol. The largest absolute Gasteiger partial charge is 0.343 e. The van der Waals surface area contributed by atoms with E-state index in [1.165, 1.54) is 6.21 Å². The van der Waals surface area contributed by atoms with Crippen molar-refractivity contribution in [1.29, 1.82) is 0 Å². The van der Waals surface area contributed by atoms with Gasteiger partial charge in [0, 0.05) is 12.8 Å². The molecule has 0 unspecified atom stereocenters. The summed E-state index contributed by atoms with van der Waals surface area (Å²) in [6, 6.07) is 0. The van der Waals surface area contributed by atoms with Crippen molar-refractivity contribution >= 4 is 18.0 Å². The fraction of sp³-hybridized carbons (Fsp3) is 0.444. The summed E-state index contributed by atoms with van der Waals surface area (Å²) in [7, 11) is 3.74. The molecule has 0 fully saturated rings. The van der Waals surface area contributed by atoms with Crippen molar-refractivity contribution in [3.8, 4) is 0 Å². The van der Waals surface area contributed by atoms with E-state index in [-0.39, 0.29) is 18.4 Å². The fourth-order valence-corrected chi connectivity index (χ4v) is 0.586. The highest BCUT2D eigenvalue weighted by Crippen LogP contribution is 1.75. The molecule has 2 amide bonds. The van der Waals surface area contributed by atoms with Gasteiger partial charge in [-0.05, 0) is 20.2 Å². The Morgan fingerprint density at radius 3 is 2.64 bits per heavy atom. The predicted octanol–water partition coefficient (Wildman–Crippen LogP) is -0.552. The minimum atomic E-state index is -0.374. The van der Waals surface area contributed by atoms with Gasteiger partial charge >= 0.3 is 0 Å². The second-order valence-electron chi connectivity index (χ2n) is 2.89. The van der Waals surface area contributed by atoms with Crippen molar-refractivity contribution in [2.24, 2.45) is 4.99 Å². The molecular formula is C9H15N3O2. The summed E-state index contributed by atoms with van der Waals surface area (Å²) in [5.41, 5.74) is 0. The third kappa shape index (κ3) is 7.17. The molecule has 0 aromatic carbocycles. The molecule has 0 aliphatic carbocycles. The molecule has 5 heteroatoms. The molecule has 78 valence electrons. The second-order valence-corrected chi connectivity index (χ2v) is 2.89. The smallest absolute Gasteiger partial charge is 0.264 e. The van der Waals surface area contributed by atoms with Crippen LogP contribution in [0.25, 0.3) is 0 Å². The Labute approximate surface area is 83.5 Å². The molecule has 0 bridgehead atoms. The molecule has 0 spiro atoms. The standard InChI is InChI=1S/C9H15N3O2/c1-4-8(13)11-7-9(14)10-5-6-12(2)3/h4-5H,1,6-7H2,2-3H3,(H,11,13). The number of amides is 2. The first-order chi connectivity index (χ1) is 6.56. The summed E-state index contributed by atoms with van der Waals surface area (Å²) in [6.45, 7) is 3.77. The molecule has 0 saturated carbocycles. The Morgan fingerprint density at radius 2 is 2.14 bits per heavy atom. The van der Waals surface area contributed by atoms with Crippen LogP contribution in [0.15, 0.2) is 17.6 Å². The lowest BCUT2D eigenvalue weighted by molar-refractivity contribution is -0.121. The fourth-order valence-electron chi connectivity index (χ4n) is 0.586. The van der Waals surface area contributed by atoms with Gasteiger partial charge in [0.05, 0.1) is 6.54 Å². The Kier molecular flexibility index (Phi) is 6.22. The van der Waals surface area contributed by atoms with Gasteiger partial charge in [0.2, 0.25) is 5.91 Å². The van der Waals surface area contributed by atoms with Gasteiger partial charge < -0.3 is 10.2 Å². The monoisotopic (exact) mass is 197 g/mol. The first-order valence-corrected chi connectivity index (χ1v) is 4.16. The van der Waals surface area contributed by atoms with E-state index in [9.17, 15) is 9.59 Å². The van der Waals surface area contributed by atoms with Crippen LogP contribution in [0.3, 0.4) is 0 Å². The molecule has 0 atom stereocenters. The third-order valence-electron chi connectivity index (χ3n) is 1.28. The van der Waals surface area contributed by atoms with Crippen molar-refractivity contribution in [2.75, 3.05) is 27.2 Å². The zero-order chi connectivity index (χ0) is 11.0. The topological polar surface area (TPSA) is 61.8 Å². The number of rotatable bonds is 5. The molecule has 0 aliphatic rings. The van der Waals surface area contributed by atoms with E-state index >= 15 is 0 Å². The maximum Gasteiger partial charge on any atom is 0.264 e. The average molecular weight is 197 g/mol. The van der Waals surface area contributed by atoms with Crippen molar-refractivity contribution in [2.45, 2.75) is 0 Å². The van der Waals surface area contributed by atoms with Gasteiger partial charge in [-0.1, -0.05) is 6.58 Å². The van der Waals surface area contributed by atoms with Gasteiger partial charge in [-0.15, -0.1) is 0 Å². The molecule has 5 nitrogen and oxygen atoms in total. The molecule has 0 aromatic rings. The lowest BCUT2D eigenvalue weighted by Gasteiger charge is -2.02. The summed E-state index contributed by atoms with van der Waals surface area (Å²) < 4.78 is 0. The van der Waals surface area contributed by atoms with Crippen LogP contribution in [0.2, 0.25) is 0 Å². The van der Waals surface area contributed by atoms with Crippen molar-refractivity contribution < 1.29 is 9.59 Å². The van der Waals surface area contributed by atoms with Crippen LogP contribution in [-0.2, 0) is 9.59 Å². The molecule has 0 heterocycles. The van der Waals surface area contributed by atoms with Gasteiger partial charge in [0.1, 0.15) is 0 Å². The SMILES string of the molecule is C=CC(=O)NCC(=O)N=CCN(C)C. The number of nitrogens with one attached hydrogen (secondary N) is 1. The molecule has 0 radical (unpaired) electrons. The van der Waals surface area contributed by atoms with Gasteiger partial charge in [-0.25, -0.2) is 4.99 Å². The van der Waals surface area contributed by atoms with Crippen LogP contribution in [-0.4, -0.2) is 50.1 Å². The highest BCUT2D eigenvalue weighted by Gasteiger charge is 1.99. The normalized spacial score (nSPS) is 10.5. The van der Waals surface area contributed by atoms with E-state index < -0.39 is 0 Å². The van der Waals surface area contributed by atoms with Gasteiger partial charge in [0.25, 0.3) is 5.91 Å². The molecule has 0 saturated heterocycles. The molecule has 14 heavy (non-hydrogen) atoms. The highest BCUT2D eigenvalue weighted by molar-refractivity contribution is 5.93. The molecule has 0 rings (SSSR count). The molecule has 0 aliphatic heterocycles. The number of aliphatic imine (C=N–C) groups is 1. The van der Waals surface area contributed by atoms with Gasteiger partial charge in [0.15, 0.2) is 0 Å². The van der Waals surface area contributed by atoms with Crippen molar-refractivity contribution in [3.05, 3.63) is 12.7 Å². The van der Waals surface area contributed by atoms with Crippen LogP contribution in [0.5, 0.6) is 0 Å². The van der Waals surface area contributed by atoms with E-state index in [0.29, 0.717) is 6.54 Å². The molecule has 1 N–H and O–H groups in total. The van der Waals surface area contributed by atoms with Crippen LogP contribution >= 0.6 is 0 Å². The van der Waals surface area contributed by atoms with Gasteiger partial charge in [-0.3, -0.25) is 9.59 Å². The van der Waals surface area contributed by atoms with E-state index in [1.807, 2.05) is 19.0 Å². The van der Waals surface area contributed by atoms with Crippen molar-refractivity contribution in [3.63, 3.8) is 0 Å².